The molecule has 1 spiro atoms. The molecule has 1 aromatic rings. The van der Waals surface area contributed by atoms with Crippen LogP contribution in [-0.2, 0) is 4.79 Å². The first-order valence-electron chi connectivity index (χ1n) is 7.32. The second-order valence-corrected chi connectivity index (χ2v) is 6.07. The smallest absolute Gasteiger partial charge is 0.226 e. The molecule has 2 aliphatic heterocycles. The molecular formula is C14H23ClN4O2. The number of hydrogen-bond donors (Lipinski definition) is 2. The summed E-state index contributed by atoms with van der Waals surface area (Å²) in [4.78, 5) is 14.3. The summed E-state index contributed by atoms with van der Waals surface area (Å²) in [5.41, 5.74) is 0.472. The van der Waals surface area contributed by atoms with E-state index in [2.05, 4.69) is 20.7 Å². The quantitative estimate of drug-likeness (QED) is 0.879. The van der Waals surface area contributed by atoms with Crippen LogP contribution in [-0.4, -0.2) is 48.7 Å². The molecule has 1 aromatic heterocycles. The van der Waals surface area contributed by atoms with Gasteiger partial charge in [0.1, 0.15) is 5.76 Å². The Morgan fingerprint density at radius 3 is 3.10 bits per heavy atom. The Morgan fingerprint density at radius 1 is 1.57 bits per heavy atom. The van der Waals surface area contributed by atoms with Crippen LogP contribution in [0.25, 0.3) is 0 Å². The minimum absolute atomic E-state index is 0. The van der Waals surface area contributed by atoms with Crippen LogP contribution in [0.4, 0.5) is 5.82 Å². The van der Waals surface area contributed by atoms with E-state index in [1.807, 2.05) is 6.92 Å². The monoisotopic (exact) mass is 314 g/mol. The first kappa shape index (κ1) is 16.3. The van der Waals surface area contributed by atoms with Crippen molar-refractivity contribution in [1.82, 2.24) is 15.4 Å². The van der Waals surface area contributed by atoms with Crippen molar-refractivity contribution in [1.29, 1.82) is 0 Å². The summed E-state index contributed by atoms with van der Waals surface area (Å²) in [6.07, 6.45) is 3.04. The maximum Gasteiger partial charge on any atom is 0.226 e. The summed E-state index contributed by atoms with van der Waals surface area (Å²) in [7, 11) is 0. The van der Waals surface area contributed by atoms with Gasteiger partial charge in [0.2, 0.25) is 5.91 Å². The van der Waals surface area contributed by atoms with E-state index < -0.39 is 0 Å². The number of aromatic nitrogens is 1. The highest BCUT2D eigenvalue weighted by molar-refractivity contribution is 5.89. The number of carbonyl (C=O) groups is 1. The van der Waals surface area contributed by atoms with E-state index in [1.165, 1.54) is 12.8 Å². The predicted molar refractivity (Wildman–Crippen MR) is 82.7 cm³/mol. The Kier molecular flexibility index (Phi) is 5.24. The lowest BCUT2D eigenvalue weighted by Gasteiger charge is -2.22. The summed E-state index contributed by atoms with van der Waals surface area (Å²) < 4.78 is 4.92. The van der Waals surface area contributed by atoms with Gasteiger partial charge in [0.25, 0.3) is 0 Å². The maximum absolute atomic E-state index is 11.9. The number of carbonyl (C=O) groups excluding carboxylic acids is 1. The van der Waals surface area contributed by atoms with Crippen molar-refractivity contribution in [3.63, 3.8) is 0 Å². The molecule has 1 amide bonds. The maximum atomic E-state index is 11.9. The number of rotatable bonds is 4. The lowest BCUT2D eigenvalue weighted by Crippen LogP contribution is -2.31. The van der Waals surface area contributed by atoms with Crippen molar-refractivity contribution in [2.45, 2.75) is 26.2 Å². The van der Waals surface area contributed by atoms with Crippen molar-refractivity contribution in [3.8, 4) is 0 Å². The van der Waals surface area contributed by atoms with Crippen LogP contribution in [0, 0.1) is 12.3 Å². The van der Waals surface area contributed by atoms with Crippen molar-refractivity contribution in [2.24, 2.45) is 5.41 Å². The van der Waals surface area contributed by atoms with Crippen molar-refractivity contribution in [3.05, 3.63) is 11.8 Å². The van der Waals surface area contributed by atoms with Gasteiger partial charge in [-0.15, -0.1) is 12.4 Å². The number of amides is 1. The molecule has 0 saturated carbocycles. The van der Waals surface area contributed by atoms with E-state index in [4.69, 9.17) is 4.52 Å². The average molecular weight is 315 g/mol. The minimum Gasteiger partial charge on any atom is -0.360 e. The van der Waals surface area contributed by atoms with Crippen molar-refractivity contribution >= 4 is 24.1 Å². The number of likely N-dealkylation sites (tertiary alicyclic amines) is 1. The lowest BCUT2D eigenvalue weighted by atomic mass is 9.87. The number of hydrogen-bond acceptors (Lipinski definition) is 5. The zero-order chi connectivity index (χ0) is 14.0. The summed E-state index contributed by atoms with van der Waals surface area (Å²) in [6, 6.07) is 1.73. The number of nitrogens with one attached hydrogen (secondary N) is 2. The third kappa shape index (κ3) is 3.96. The molecule has 2 aliphatic rings. The van der Waals surface area contributed by atoms with E-state index >= 15 is 0 Å². The molecule has 3 heterocycles. The Balaban J connectivity index is 0.00000161. The van der Waals surface area contributed by atoms with Crippen molar-refractivity contribution in [2.75, 3.05) is 38.0 Å². The number of anilines is 1. The van der Waals surface area contributed by atoms with Gasteiger partial charge in [0.15, 0.2) is 5.82 Å². The summed E-state index contributed by atoms with van der Waals surface area (Å²) in [5, 5.41) is 9.98. The number of halogens is 1. The van der Waals surface area contributed by atoms with E-state index in [9.17, 15) is 4.79 Å². The van der Waals surface area contributed by atoms with Gasteiger partial charge in [-0.1, -0.05) is 5.16 Å². The van der Waals surface area contributed by atoms with Gasteiger partial charge in [-0.05, 0) is 38.3 Å². The first-order chi connectivity index (χ1) is 9.65. The molecule has 2 fully saturated rings. The van der Waals surface area contributed by atoms with Crippen LogP contribution in [0.3, 0.4) is 0 Å². The Bertz CT molecular complexity index is 485. The Labute approximate surface area is 131 Å². The standard InChI is InChI=1S/C14H22N4O2.ClH/c1-11-8-12(17-20-11)16-13(19)2-6-18-7-4-14(10-18)3-5-15-9-14;/h8,15H,2-7,9-10H2,1H3,(H,16,17,19);1H. The van der Waals surface area contributed by atoms with Crippen molar-refractivity contribution < 1.29 is 9.32 Å². The van der Waals surface area contributed by atoms with E-state index in [0.29, 0.717) is 23.4 Å². The molecule has 0 aliphatic carbocycles. The molecule has 1 unspecified atom stereocenters. The van der Waals surface area contributed by atoms with E-state index in [1.54, 1.807) is 6.07 Å². The third-order valence-corrected chi connectivity index (χ3v) is 4.40. The van der Waals surface area contributed by atoms with Gasteiger partial charge in [0, 0.05) is 32.1 Å². The highest BCUT2D eigenvalue weighted by atomic mass is 35.5. The van der Waals surface area contributed by atoms with Crippen LogP contribution < -0.4 is 10.6 Å². The zero-order valence-corrected chi connectivity index (χ0v) is 13.2. The zero-order valence-electron chi connectivity index (χ0n) is 12.4. The summed E-state index contributed by atoms with van der Waals surface area (Å²) in [6.45, 7) is 7.13. The largest absolute Gasteiger partial charge is 0.360 e. The fraction of sp³-hybridized carbons (Fsp3) is 0.714. The Morgan fingerprint density at radius 2 is 2.43 bits per heavy atom. The molecular weight excluding hydrogens is 292 g/mol. The molecule has 2 saturated heterocycles. The normalized spacial score (nSPS) is 25.2. The topological polar surface area (TPSA) is 70.4 Å². The number of aryl methyl sites for hydroxylation is 1. The lowest BCUT2D eigenvalue weighted by molar-refractivity contribution is -0.116. The summed E-state index contributed by atoms with van der Waals surface area (Å²) >= 11 is 0. The fourth-order valence-electron chi connectivity index (χ4n) is 3.25. The second kappa shape index (κ2) is 6.77. The van der Waals surface area contributed by atoms with Gasteiger partial charge < -0.3 is 20.1 Å². The van der Waals surface area contributed by atoms with Gasteiger partial charge in [-0.2, -0.15) is 0 Å². The first-order valence-corrected chi connectivity index (χ1v) is 7.32. The predicted octanol–water partition coefficient (Wildman–Crippen LogP) is 1.42. The van der Waals surface area contributed by atoms with Crippen LogP contribution >= 0.6 is 12.4 Å². The minimum atomic E-state index is 0. The molecule has 118 valence electrons. The van der Waals surface area contributed by atoms with Crippen LogP contribution in [0.2, 0.25) is 0 Å². The van der Waals surface area contributed by atoms with Gasteiger partial charge >= 0.3 is 0 Å². The molecule has 0 radical (unpaired) electrons. The summed E-state index contributed by atoms with van der Waals surface area (Å²) in [5.74, 6) is 1.21. The molecule has 1 atom stereocenters. The van der Waals surface area contributed by atoms with Crippen LogP contribution in [0.5, 0.6) is 0 Å². The second-order valence-electron chi connectivity index (χ2n) is 6.07. The van der Waals surface area contributed by atoms with E-state index in [-0.39, 0.29) is 18.3 Å². The number of nitrogens with zero attached hydrogens (tertiary/aromatic N) is 2. The van der Waals surface area contributed by atoms with Crippen LogP contribution in [0.15, 0.2) is 10.6 Å². The van der Waals surface area contributed by atoms with E-state index in [0.717, 1.165) is 32.7 Å². The fourth-order valence-corrected chi connectivity index (χ4v) is 3.25. The third-order valence-electron chi connectivity index (χ3n) is 4.40. The highest BCUT2D eigenvalue weighted by Gasteiger charge is 2.39. The molecule has 2 N–H and O–H groups in total. The van der Waals surface area contributed by atoms with Crippen LogP contribution in [0.1, 0.15) is 25.0 Å². The van der Waals surface area contributed by atoms with Gasteiger partial charge in [0.05, 0.1) is 0 Å². The van der Waals surface area contributed by atoms with Gasteiger partial charge in [-0.3, -0.25) is 4.79 Å². The molecule has 21 heavy (non-hydrogen) atoms. The molecule has 0 aromatic carbocycles. The average Bonchev–Trinajstić information content (AvgIpc) is 3.12. The molecule has 3 rings (SSSR count). The Hall–Kier alpha value is -1.11. The molecule has 6 nitrogen and oxygen atoms in total. The van der Waals surface area contributed by atoms with Gasteiger partial charge in [-0.25, -0.2) is 0 Å². The molecule has 7 heteroatoms. The SMILES string of the molecule is Cc1cc(NC(=O)CCN2CCC3(CCNC3)C2)no1.Cl. The molecule has 0 bridgehead atoms. The highest BCUT2D eigenvalue weighted by Crippen LogP contribution is 2.35.